The number of guanidine groups is 1. The second kappa shape index (κ2) is 8.64. The van der Waals surface area contributed by atoms with Crippen molar-refractivity contribution in [1.82, 2.24) is 21.1 Å². The lowest BCUT2D eigenvalue weighted by Crippen LogP contribution is -2.49. The van der Waals surface area contributed by atoms with Crippen molar-refractivity contribution >= 4 is 23.4 Å². The smallest absolute Gasteiger partial charge is 0.275 e. The maximum atomic E-state index is 12.5. The summed E-state index contributed by atoms with van der Waals surface area (Å²) < 4.78 is 0. The molecule has 3 aliphatic rings. The zero-order valence-corrected chi connectivity index (χ0v) is 16.4. The molecule has 7 N–H and O–H groups in total. The minimum atomic E-state index is -0.275. The molecule has 0 atom stereocenters. The van der Waals surface area contributed by atoms with Crippen LogP contribution in [0.15, 0.2) is 62.9 Å². The molecular formula is C19H24N10O. The second-order valence-electron chi connectivity index (χ2n) is 7.11. The van der Waals surface area contributed by atoms with Crippen molar-refractivity contribution < 1.29 is 4.79 Å². The van der Waals surface area contributed by atoms with E-state index in [1.807, 2.05) is 0 Å². The monoisotopic (exact) mass is 408 g/mol. The Bertz CT molecular complexity index is 952. The van der Waals surface area contributed by atoms with E-state index in [4.69, 9.17) is 16.2 Å². The van der Waals surface area contributed by atoms with Crippen LogP contribution in [-0.4, -0.2) is 35.7 Å². The average Bonchev–Trinajstić information content (AvgIpc) is 3.04. The standard InChI is InChI=1S/C19H24N10O/c20-16(26-28-21)12-5-7-13(8-6-12)23-17-15-14(11-22-27-18(15)30)24-19(25-17)29-9-3-1-2-4-10-29/h5-8,11,22-23H,1-4,9-10H2,(H,24,25)(H,27,30)(H3,20,21,26). The topological polar surface area (TPSA) is 155 Å². The van der Waals surface area contributed by atoms with E-state index in [0.717, 1.165) is 37.6 Å². The van der Waals surface area contributed by atoms with Gasteiger partial charge in [-0.15, -0.1) is 5.11 Å². The predicted molar refractivity (Wildman–Crippen MR) is 113 cm³/mol. The Labute approximate surface area is 173 Å². The van der Waals surface area contributed by atoms with Crippen LogP contribution in [0, 0.1) is 5.41 Å². The van der Waals surface area contributed by atoms with Crippen LogP contribution in [0.2, 0.25) is 0 Å². The number of hydrazine groups is 1. The summed E-state index contributed by atoms with van der Waals surface area (Å²) in [5.41, 5.74) is 7.76. The van der Waals surface area contributed by atoms with Gasteiger partial charge in [0, 0.05) is 30.5 Å². The Morgan fingerprint density at radius 3 is 2.60 bits per heavy atom. The lowest BCUT2D eigenvalue weighted by atomic mass is 10.1. The highest BCUT2D eigenvalue weighted by atomic mass is 16.2. The van der Waals surface area contributed by atoms with Crippen molar-refractivity contribution in [3.05, 3.63) is 53.1 Å². The molecule has 156 valence electrons. The molecule has 3 aliphatic heterocycles. The molecule has 1 amide bonds. The van der Waals surface area contributed by atoms with Crippen molar-refractivity contribution in [3.8, 4) is 0 Å². The van der Waals surface area contributed by atoms with Gasteiger partial charge in [0.05, 0.1) is 5.70 Å². The van der Waals surface area contributed by atoms with Crippen molar-refractivity contribution in [2.45, 2.75) is 25.7 Å². The van der Waals surface area contributed by atoms with Gasteiger partial charge in [0.1, 0.15) is 11.4 Å². The van der Waals surface area contributed by atoms with Crippen LogP contribution >= 0.6 is 0 Å². The van der Waals surface area contributed by atoms with Gasteiger partial charge in [0.25, 0.3) is 5.91 Å². The zero-order valence-electron chi connectivity index (χ0n) is 16.4. The van der Waals surface area contributed by atoms with Crippen molar-refractivity contribution in [1.29, 1.82) is 5.41 Å². The number of hydrogen-bond acceptors (Lipinski definition) is 8. The fraction of sp³-hybridized carbons (Fsp3) is 0.316. The SMILES string of the molecule is N=C(N=NN)c1ccc(NC2=C3C(=O)NNC=C3NC(N3CCCCCC3)=N2)cc1. The van der Waals surface area contributed by atoms with E-state index in [-0.39, 0.29) is 11.7 Å². The summed E-state index contributed by atoms with van der Waals surface area (Å²) in [5, 5.41) is 21.0. The molecule has 11 heteroatoms. The molecule has 3 heterocycles. The summed E-state index contributed by atoms with van der Waals surface area (Å²) in [6.07, 6.45) is 6.38. The van der Waals surface area contributed by atoms with Crippen molar-refractivity contribution in [3.63, 3.8) is 0 Å². The molecule has 1 fully saturated rings. The third kappa shape index (κ3) is 4.09. The van der Waals surface area contributed by atoms with E-state index in [2.05, 4.69) is 36.7 Å². The van der Waals surface area contributed by atoms with Crippen LogP contribution in [-0.2, 0) is 4.79 Å². The van der Waals surface area contributed by atoms with E-state index in [9.17, 15) is 4.79 Å². The highest BCUT2D eigenvalue weighted by molar-refractivity contribution is 6.03. The number of carbonyl (C=O) groups is 1. The highest BCUT2D eigenvalue weighted by Gasteiger charge is 2.30. The maximum Gasteiger partial charge on any atom is 0.275 e. The van der Waals surface area contributed by atoms with Crippen LogP contribution in [0.25, 0.3) is 0 Å². The Hall–Kier alpha value is -3.89. The van der Waals surface area contributed by atoms with Gasteiger partial charge in [-0.25, -0.2) is 0 Å². The van der Waals surface area contributed by atoms with Crippen LogP contribution in [0.4, 0.5) is 5.69 Å². The molecule has 0 aliphatic carbocycles. The van der Waals surface area contributed by atoms with Gasteiger partial charge in [0.15, 0.2) is 5.84 Å². The van der Waals surface area contributed by atoms with Gasteiger partial charge in [0.2, 0.25) is 5.96 Å². The molecule has 0 radical (unpaired) electrons. The largest absolute Gasteiger partial charge is 0.342 e. The summed E-state index contributed by atoms with van der Waals surface area (Å²) in [7, 11) is 0. The molecule has 1 aromatic carbocycles. The van der Waals surface area contributed by atoms with E-state index < -0.39 is 0 Å². The van der Waals surface area contributed by atoms with E-state index in [1.165, 1.54) is 12.8 Å². The first kappa shape index (κ1) is 19.4. The number of amidine groups is 1. The molecule has 0 aromatic heterocycles. The van der Waals surface area contributed by atoms with Gasteiger partial charge in [-0.05, 0) is 37.1 Å². The summed E-state index contributed by atoms with van der Waals surface area (Å²) in [5.74, 6) is 5.89. The number of rotatable bonds is 3. The number of aliphatic imine (C=N–C) groups is 1. The lowest BCUT2D eigenvalue weighted by Gasteiger charge is -2.32. The van der Waals surface area contributed by atoms with Crippen molar-refractivity contribution in [2.24, 2.45) is 21.2 Å². The van der Waals surface area contributed by atoms with Crippen molar-refractivity contribution in [2.75, 3.05) is 18.4 Å². The molecule has 1 aromatic rings. The van der Waals surface area contributed by atoms with Crippen LogP contribution < -0.4 is 27.3 Å². The quantitative estimate of drug-likeness (QED) is 0.145. The molecule has 0 spiro atoms. The first-order chi connectivity index (χ1) is 14.7. The molecule has 0 unspecified atom stereocenters. The summed E-state index contributed by atoms with van der Waals surface area (Å²) in [4.78, 5) is 19.5. The van der Waals surface area contributed by atoms with E-state index in [0.29, 0.717) is 22.7 Å². The maximum absolute atomic E-state index is 12.5. The predicted octanol–water partition coefficient (Wildman–Crippen LogP) is 1.27. The van der Waals surface area contributed by atoms with E-state index >= 15 is 0 Å². The van der Waals surface area contributed by atoms with Gasteiger partial charge < -0.3 is 26.8 Å². The zero-order chi connectivity index (χ0) is 20.9. The van der Waals surface area contributed by atoms with Crippen LogP contribution in [0.1, 0.15) is 31.2 Å². The minimum absolute atomic E-state index is 0.0302. The molecule has 1 saturated heterocycles. The average molecular weight is 408 g/mol. The van der Waals surface area contributed by atoms with E-state index in [1.54, 1.807) is 30.5 Å². The van der Waals surface area contributed by atoms with Gasteiger partial charge >= 0.3 is 0 Å². The number of benzene rings is 1. The number of hydrogen-bond donors (Lipinski definition) is 6. The normalized spacial score (nSPS) is 19.1. The summed E-state index contributed by atoms with van der Waals surface area (Å²) in [6, 6.07) is 7.03. The second-order valence-corrected chi connectivity index (χ2v) is 7.11. The molecular weight excluding hydrogens is 384 g/mol. The summed E-state index contributed by atoms with van der Waals surface area (Å²) in [6.45, 7) is 1.85. The fourth-order valence-corrected chi connectivity index (χ4v) is 3.56. The molecule has 30 heavy (non-hydrogen) atoms. The third-order valence-electron chi connectivity index (χ3n) is 5.08. The number of fused-ring (bicyclic) bond motifs is 1. The molecule has 4 rings (SSSR count). The minimum Gasteiger partial charge on any atom is -0.342 e. The lowest BCUT2D eigenvalue weighted by molar-refractivity contribution is -0.118. The Kier molecular flexibility index (Phi) is 5.59. The number of nitrogens with one attached hydrogen (secondary N) is 5. The first-order valence-electron chi connectivity index (χ1n) is 9.84. The number of amides is 1. The number of nitrogens with zero attached hydrogens (tertiary/aromatic N) is 4. The first-order valence-corrected chi connectivity index (χ1v) is 9.84. The van der Waals surface area contributed by atoms with Gasteiger partial charge in [-0.1, -0.05) is 18.1 Å². The molecule has 0 saturated carbocycles. The number of nitrogens with two attached hydrogens (primary N) is 1. The Morgan fingerprint density at radius 1 is 1.17 bits per heavy atom. The highest BCUT2D eigenvalue weighted by Crippen LogP contribution is 2.24. The fourth-order valence-electron chi connectivity index (χ4n) is 3.56. The van der Waals surface area contributed by atoms with Crippen LogP contribution in [0.5, 0.6) is 0 Å². The molecule has 0 bridgehead atoms. The number of carbonyl (C=O) groups excluding carboxylic acids is 1. The molecule has 11 nitrogen and oxygen atoms in total. The number of anilines is 1. The Balaban J connectivity index is 1.64. The Morgan fingerprint density at radius 2 is 1.90 bits per heavy atom. The summed E-state index contributed by atoms with van der Waals surface area (Å²) >= 11 is 0. The van der Waals surface area contributed by atoms with Crippen LogP contribution in [0.3, 0.4) is 0 Å². The van der Waals surface area contributed by atoms with Gasteiger partial charge in [-0.2, -0.15) is 4.99 Å². The third-order valence-corrected chi connectivity index (χ3v) is 5.08. The van der Waals surface area contributed by atoms with Gasteiger partial charge in [-0.3, -0.25) is 15.6 Å². The number of likely N-dealkylation sites (tertiary alicyclic amines) is 1.